The van der Waals surface area contributed by atoms with Gasteiger partial charge in [0.15, 0.2) is 0 Å². The summed E-state index contributed by atoms with van der Waals surface area (Å²) in [6.07, 6.45) is 1.86. The first-order valence-electron chi connectivity index (χ1n) is 6.83. The van der Waals surface area contributed by atoms with Crippen LogP contribution in [0.25, 0.3) is 0 Å². The van der Waals surface area contributed by atoms with Crippen molar-refractivity contribution in [2.24, 2.45) is 5.92 Å². The van der Waals surface area contributed by atoms with E-state index in [1.807, 2.05) is 31.2 Å². The average Bonchev–Trinajstić information content (AvgIpc) is 2.48. The van der Waals surface area contributed by atoms with Gasteiger partial charge in [-0.25, -0.2) is 0 Å². The van der Waals surface area contributed by atoms with Gasteiger partial charge >= 0.3 is 5.97 Å². The number of carbonyl (C=O) groups excluding carboxylic acids is 1. The van der Waals surface area contributed by atoms with Crippen molar-refractivity contribution in [1.29, 1.82) is 0 Å². The predicted octanol–water partition coefficient (Wildman–Crippen LogP) is 3.40. The molecule has 1 aliphatic rings. The summed E-state index contributed by atoms with van der Waals surface area (Å²) in [6.45, 7) is 3.84. The maximum absolute atomic E-state index is 11.8. The summed E-state index contributed by atoms with van der Waals surface area (Å²) < 4.78 is 6.15. The molecule has 0 radical (unpaired) electrons. The zero-order chi connectivity index (χ0) is 14.5. The van der Waals surface area contributed by atoms with E-state index in [4.69, 9.17) is 17.0 Å². The Kier molecular flexibility index (Phi) is 5.54. The third-order valence-corrected chi connectivity index (χ3v) is 4.44. The lowest BCUT2D eigenvalue weighted by Gasteiger charge is -2.33. The maximum Gasteiger partial charge on any atom is 0.310 e. The number of halogens is 1. The summed E-state index contributed by atoms with van der Waals surface area (Å²) in [5.41, 5.74) is 1.02. The molecule has 1 aromatic rings. The van der Waals surface area contributed by atoms with Crippen LogP contribution in [0.2, 0.25) is 0 Å². The number of esters is 1. The minimum atomic E-state index is -0.101. The molecule has 0 aliphatic carbocycles. The van der Waals surface area contributed by atoms with Crippen LogP contribution in [-0.4, -0.2) is 35.6 Å². The van der Waals surface area contributed by atoms with E-state index in [1.165, 1.54) is 0 Å². The Bertz CT molecular complexity index is 489. The van der Waals surface area contributed by atoms with Gasteiger partial charge in [-0.1, -0.05) is 40.3 Å². The number of likely N-dealkylation sites (tertiary alicyclic amines) is 1. The molecule has 3 nitrogen and oxygen atoms in total. The molecule has 0 N–H and O–H groups in total. The topological polar surface area (TPSA) is 29.5 Å². The molecule has 0 unspecified atom stereocenters. The van der Waals surface area contributed by atoms with Crippen molar-refractivity contribution in [1.82, 2.24) is 4.90 Å². The molecule has 0 spiro atoms. The standard InChI is InChI=1S/C15H18BrNO2S/c1-2-19-15(18)12-4-3-9-17(10-12)14(20)11-5-7-13(16)8-6-11/h5-8,12H,2-4,9-10H2,1H3/t12-/m1/s1. The van der Waals surface area contributed by atoms with Gasteiger partial charge in [0.25, 0.3) is 0 Å². The second-order valence-corrected chi connectivity index (χ2v) is 6.15. The number of piperidine rings is 1. The number of ether oxygens (including phenoxy) is 1. The van der Waals surface area contributed by atoms with E-state index in [9.17, 15) is 4.79 Å². The van der Waals surface area contributed by atoms with Crippen molar-refractivity contribution < 1.29 is 9.53 Å². The molecule has 1 atom stereocenters. The van der Waals surface area contributed by atoms with Gasteiger partial charge in [0.1, 0.15) is 4.99 Å². The molecule has 108 valence electrons. The molecule has 0 aromatic heterocycles. The number of benzene rings is 1. The molecular weight excluding hydrogens is 338 g/mol. The van der Waals surface area contributed by atoms with Gasteiger partial charge in [-0.15, -0.1) is 0 Å². The normalized spacial score (nSPS) is 18.7. The minimum absolute atomic E-state index is 0.0582. The van der Waals surface area contributed by atoms with E-state index < -0.39 is 0 Å². The second kappa shape index (κ2) is 7.18. The highest BCUT2D eigenvalue weighted by atomic mass is 79.9. The van der Waals surface area contributed by atoms with E-state index in [-0.39, 0.29) is 11.9 Å². The van der Waals surface area contributed by atoms with Gasteiger partial charge in [-0.3, -0.25) is 4.79 Å². The molecule has 1 saturated heterocycles. The fourth-order valence-electron chi connectivity index (χ4n) is 2.39. The predicted molar refractivity (Wildman–Crippen MR) is 86.8 cm³/mol. The summed E-state index contributed by atoms with van der Waals surface area (Å²) in [6, 6.07) is 7.96. The van der Waals surface area contributed by atoms with Gasteiger partial charge in [0.05, 0.1) is 12.5 Å². The lowest BCUT2D eigenvalue weighted by Crippen LogP contribution is -2.42. The van der Waals surface area contributed by atoms with Crippen molar-refractivity contribution in [3.63, 3.8) is 0 Å². The van der Waals surface area contributed by atoms with Gasteiger partial charge in [0.2, 0.25) is 0 Å². The smallest absolute Gasteiger partial charge is 0.310 e. The summed E-state index contributed by atoms with van der Waals surface area (Å²) >= 11 is 8.96. The first-order valence-corrected chi connectivity index (χ1v) is 8.03. The highest BCUT2D eigenvalue weighted by molar-refractivity contribution is 9.10. The molecule has 1 heterocycles. The van der Waals surface area contributed by atoms with Crippen LogP contribution in [0.4, 0.5) is 0 Å². The van der Waals surface area contributed by atoms with Gasteiger partial charge in [-0.05, 0) is 31.9 Å². The van der Waals surface area contributed by atoms with Gasteiger partial charge in [0, 0.05) is 23.1 Å². The molecule has 0 amide bonds. The van der Waals surface area contributed by atoms with E-state index in [2.05, 4.69) is 20.8 Å². The van der Waals surface area contributed by atoms with Crippen molar-refractivity contribution in [2.45, 2.75) is 19.8 Å². The Morgan fingerprint density at radius 3 is 2.80 bits per heavy atom. The fraction of sp³-hybridized carbons (Fsp3) is 0.467. The number of thiocarbonyl (C=S) groups is 1. The van der Waals surface area contributed by atoms with Crippen molar-refractivity contribution in [2.75, 3.05) is 19.7 Å². The molecule has 1 aromatic carbocycles. The fourth-order valence-corrected chi connectivity index (χ4v) is 2.96. The van der Waals surface area contributed by atoms with Crippen LogP contribution in [0.3, 0.4) is 0 Å². The summed E-state index contributed by atoms with van der Waals surface area (Å²) in [4.78, 5) is 14.8. The number of rotatable bonds is 3. The molecule has 1 aliphatic heterocycles. The highest BCUT2D eigenvalue weighted by Crippen LogP contribution is 2.21. The Hall–Kier alpha value is -0.940. The first-order chi connectivity index (χ1) is 9.61. The molecule has 2 rings (SSSR count). The van der Waals surface area contributed by atoms with Gasteiger partial charge < -0.3 is 9.64 Å². The Labute approximate surface area is 133 Å². The van der Waals surface area contributed by atoms with Crippen LogP contribution in [0, 0.1) is 5.92 Å². The zero-order valence-electron chi connectivity index (χ0n) is 11.5. The molecule has 1 fully saturated rings. The van der Waals surface area contributed by atoms with Crippen LogP contribution in [0.5, 0.6) is 0 Å². The number of hydrogen-bond donors (Lipinski definition) is 0. The van der Waals surface area contributed by atoms with Crippen molar-refractivity contribution >= 4 is 39.1 Å². The average molecular weight is 356 g/mol. The minimum Gasteiger partial charge on any atom is -0.466 e. The van der Waals surface area contributed by atoms with E-state index in [0.717, 1.165) is 34.4 Å². The quantitative estimate of drug-likeness (QED) is 0.613. The number of carbonyl (C=O) groups is 1. The van der Waals surface area contributed by atoms with E-state index in [0.29, 0.717) is 13.2 Å². The van der Waals surface area contributed by atoms with Crippen LogP contribution < -0.4 is 0 Å². The number of hydrogen-bond acceptors (Lipinski definition) is 3. The summed E-state index contributed by atoms with van der Waals surface area (Å²) in [7, 11) is 0. The molecule has 5 heteroatoms. The van der Waals surface area contributed by atoms with Crippen LogP contribution in [0.1, 0.15) is 25.3 Å². The summed E-state index contributed by atoms with van der Waals surface area (Å²) in [5.74, 6) is -0.159. The summed E-state index contributed by atoms with van der Waals surface area (Å²) in [5, 5.41) is 0. The maximum atomic E-state index is 11.8. The largest absolute Gasteiger partial charge is 0.466 e. The Morgan fingerprint density at radius 2 is 2.15 bits per heavy atom. The third kappa shape index (κ3) is 3.79. The molecule has 20 heavy (non-hydrogen) atoms. The SMILES string of the molecule is CCOC(=O)[C@@H]1CCCN(C(=S)c2ccc(Br)cc2)C1. The highest BCUT2D eigenvalue weighted by Gasteiger charge is 2.28. The second-order valence-electron chi connectivity index (χ2n) is 4.85. The Morgan fingerprint density at radius 1 is 1.45 bits per heavy atom. The number of nitrogens with zero attached hydrogens (tertiary/aromatic N) is 1. The lowest BCUT2D eigenvalue weighted by atomic mass is 9.97. The Balaban J connectivity index is 2.03. The van der Waals surface area contributed by atoms with Gasteiger partial charge in [-0.2, -0.15) is 0 Å². The van der Waals surface area contributed by atoms with E-state index in [1.54, 1.807) is 0 Å². The molecular formula is C15H18BrNO2S. The lowest BCUT2D eigenvalue weighted by molar-refractivity contribution is -0.149. The van der Waals surface area contributed by atoms with E-state index >= 15 is 0 Å². The monoisotopic (exact) mass is 355 g/mol. The molecule has 0 bridgehead atoms. The first kappa shape index (κ1) is 15.4. The van der Waals surface area contributed by atoms with Crippen molar-refractivity contribution in [3.05, 3.63) is 34.3 Å². The van der Waals surface area contributed by atoms with Crippen LogP contribution in [-0.2, 0) is 9.53 Å². The van der Waals surface area contributed by atoms with Crippen molar-refractivity contribution in [3.8, 4) is 0 Å². The van der Waals surface area contributed by atoms with Crippen LogP contribution >= 0.6 is 28.1 Å². The molecule has 0 saturated carbocycles. The third-order valence-electron chi connectivity index (χ3n) is 3.42. The van der Waals surface area contributed by atoms with Crippen LogP contribution in [0.15, 0.2) is 28.7 Å². The zero-order valence-corrected chi connectivity index (χ0v) is 13.9.